The van der Waals surface area contributed by atoms with Crippen LogP contribution in [0, 0.1) is 0 Å². The number of fused-ring (bicyclic) bond motifs is 12. The van der Waals surface area contributed by atoms with Crippen LogP contribution in [0.3, 0.4) is 0 Å². The number of pyridine rings is 8. The summed E-state index contributed by atoms with van der Waals surface area (Å²) in [5.74, 6) is 0. The molecule has 588 valence electrons. The lowest BCUT2D eigenvalue weighted by atomic mass is 9.94. The lowest BCUT2D eigenvalue weighted by Crippen LogP contribution is -1.95. The van der Waals surface area contributed by atoms with Crippen LogP contribution in [0.25, 0.3) is 233 Å². The van der Waals surface area contributed by atoms with Gasteiger partial charge in [0.05, 0.1) is 78.7 Å². The van der Waals surface area contributed by atoms with Crippen molar-refractivity contribution in [2.24, 2.45) is 0 Å². The van der Waals surface area contributed by atoms with Gasteiger partial charge < -0.3 is 9.13 Å². The third-order valence-electron chi connectivity index (χ3n) is 24.3. The van der Waals surface area contributed by atoms with E-state index in [1.807, 2.05) is 85.7 Å². The molecule has 126 heavy (non-hydrogen) atoms. The number of hydrogen-bond donors (Lipinski definition) is 0. The van der Waals surface area contributed by atoms with Crippen molar-refractivity contribution in [2.75, 3.05) is 0 Å². The molecule has 0 N–H and O–H groups in total. The van der Waals surface area contributed by atoms with Gasteiger partial charge in [0.1, 0.15) is 0 Å². The first-order valence-corrected chi connectivity index (χ1v) is 42.4. The fraction of sp³-hybridized carbons (Fsp3) is 0. The van der Waals surface area contributed by atoms with Crippen molar-refractivity contribution in [1.82, 2.24) is 49.0 Å². The minimum atomic E-state index is 0.798. The van der Waals surface area contributed by atoms with E-state index in [-0.39, 0.29) is 0 Å². The van der Waals surface area contributed by atoms with Gasteiger partial charge in [-0.1, -0.05) is 261 Å². The standard InChI is InChI=1S/2C58H37N5/c1-3-14-38(15-4-1)43-29-30-53(60-37-43)55-34-44(33-54(61-55)40-27-25-39(26-28-40)51-22-11-12-31-59-51)41-16-13-17-42(32-41)58-50-36-57-49(35-48(50)46-20-7-9-23-52(46)62-58)47-21-8-10-24-56(47)63(57)45-18-5-2-6-19-45;1-2-11-47(12-3-1)63-56-16-7-5-14-49(56)51-36-50-48-13-4-6-15-53(48)62-58(52(50)37-57(51)63)45-10-8-9-44(33-45)46-34-54(42-21-17-38(18-22-42)40-25-29-59-30-26-40)61-55(35-46)43-23-19-39(20-24-43)41-27-31-60-32-28-41/h2*1-37H. The van der Waals surface area contributed by atoms with Crippen molar-refractivity contribution in [2.45, 2.75) is 0 Å². The highest BCUT2D eigenvalue weighted by molar-refractivity contribution is 6.22. The van der Waals surface area contributed by atoms with E-state index in [4.69, 9.17) is 24.9 Å². The molecule has 0 aliphatic rings. The molecule has 0 bridgehead atoms. The topological polar surface area (TPSA) is 113 Å². The second-order valence-corrected chi connectivity index (χ2v) is 31.8. The Morgan fingerprint density at radius 2 is 0.524 bits per heavy atom. The third kappa shape index (κ3) is 13.8. The zero-order valence-corrected chi connectivity index (χ0v) is 68.2. The van der Waals surface area contributed by atoms with Gasteiger partial charge >= 0.3 is 0 Å². The van der Waals surface area contributed by atoms with Gasteiger partial charge in [-0.15, -0.1) is 0 Å². The van der Waals surface area contributed by atoms with E-state index in [1.54, 1.807) is 0 Å². The number of hydrogen-bond acceptors (Lipinski definition) is 8. The lowest BCUT2D eigenvalue weighted by Gasteiger charge is -2.14. The highest BCUT2D eigenvalue weighted by Gasteiger charge is 2.23. The Labute approximate surface area is 726 Å². The fourth-order valence-corrected chi connectivity index (χ4v) is 18.1. The Kier molecular flexibility index (Phi) is 18.7. The first-order valence-electron chi connectivity index (χ1n) is 42.4. The van der Waals surface area contributed by atoms with E-state index >= 15 is 0 Å². The molecule has 10 heteroatoms. The number of aromatic nitrogens is 10. The summed E-state index contributed by atoms with van der Waals surface area (Å²) in [6, 6.07) is 146. The maximum Gasteiger partial charge on any atom is 0.0899 e. The van der Waals surface area contributed by atoms with Gasteiger partial charge in [-0.05, 0) is 213 Å². The molecule has 0 spiro atoms. The molecule has 0 unspecified atom stereocenters. The average Bonchev–Trinajstić information content (AvgIpc) is 1.55. The first-order chi connectivity index (χ1) is 62.4. The van der Waals surface area contributed by atoms with Crippen LogP contribution < -0.4 is 0 Å². The fourth-order valence-electron chi connectivity index (χ4n) is 18.1. The Morgan fingerprint density at radius 1 is 0.159 bits per heavy atom. The molecule has 0 radical (unpaired) electrons. The SMILES string of the molecule is c1ccc(-c2ccc(-c3cc(-c4cccc(-c5nc6ccccc6c6cc7c8ccccc8n(-c8ccccc8)c7cc56)c4)cc(-c4ccc(-c5ccccn5)cc4)n3)nc2)cc1.c1ccc(-n2c3ccccc3c3cc4c(cc32)c(-c2cccc(-c3cc(-c5ccc(-c6ccncc6)cc5)nc(-c5ccc(-c6ccncc6)cc5)c3)c2)nc2ccccc24)cc1. The zero-order chi connectivity index (χ0) is 83.4. The van der Waals surface area contributed by atoms with Gasteiger partial charge in [0.25, 0.3) is 0 Å². The molecule has 0 aliphatic heterocycles. The van der Waals surface area contributed by atoms with Crippen molar-refractivity contribution >= 4 is 87.0 Å². The molecule has 0 amide bonds. The van der Waals surface area contributed by atoms with Crippen molar-refractivity contribution < 1.29 is 0 Å². The minimum absolute atomic E-state index is 0.798. The van der Waals surface area contributed by atoms with Crippen LogP contribution in [-0.4, -0.2) is 49.0 Å². The smallest absolute Gasteiger partial charge is 0.0899 e. The van der Waals surface area contributed by atoms with Crippen LogP contribution in [0.2, 0.25) is 0 Å². The van der Waals surface area contributed by atoms with Gasteiger partial charge in [0.2, 0.25) is 0 Å². The highest BCUT2D eigenvalue weighted by Crippen LogP contribution is 2.45. The van der Waals surface area contributed by atoms with Crippen molar-refractivity contribution in [1.29, 1.82) is 0 Å². The summed E-state index contributed by atoms with van der Waals surface area (Å²) in [6.45, 7) is 0. The van der Waals surface area contributed by atoms with E-state index < -0.39 is 0 Å². The summed E-state index contributed by atoms with van der Waals surface area (Å²) in [5, 5.41) is 11.7. The molecular weight excluding hydrogens is 1530 g/mol. The molecule has 10 heterocycles. The average molecular weight is 1610 g/mol. The lowest BCUT2D eigenvalue weighted by molar-refractivity contribution is 1.18. The minimum Gasteiger partial charge on any atom is -0.309 e. The van der Waals surface area contributed by atoms with E-state index in [2.05, 4.69) is 388 Å². The van der Waals surface area contributed by atoms with Crippen molar-refractivity contribution in [3.63, 3.8) is 0 Å². The molecule has 24 aromatic rings. The molecule has 0 aliphatic carbocycles. The quantitative estimate of drug-likeness (QED) is 0.0990. The third-order valence-corrected chi connectivity index (χ3v) is 24.3. The van der Waals surface area contributed by atoms with Crippen LogP contribution in [0.15, 0.2) is 450 Å². The highest BCUT2D eigenvalue weighted by atomic mass is 15.0. The van der Waals surface area contributed by atoms with Crippen LogP contribution in [0.4, 0.5) is 0 Å². The van der Waals surface area contributed by atoms with Crippen LogP contribution in [-0.2, 0) is 0 Å². The molecule has 10 aromatic heterocycles. The maximum atomic E-state index is 5.44. The molecular formula is C116H74N10. The van der Waals surface area contributed by atoms with Gasteiger partial charge in [0, 0.05) is 131 Å². The second kappa shape index (κ2) is 31.8. The predicted octanol–water partition coefficient (Wildman–Crippen LogP) is 29.3. The molecule has 24 rings (SSSR count). The predicted molar refractivity (Wildman–Crippen MR) is 519 cm³/mol. The van der Waals surface area contributed by atoms with Crippen molar-refractivity contribution in [3.8, 4) is 146 Å². The molecule has 0 fully saturated rings. The summed E-state index contributed by atoms with van der Waals surface area (Å²) in [6.07, 6.45) is 11.1. The number of nitrogens with zero attached hydrogens (tertiary/aromatic N) is 10. The Balaban J connectivity index is 0.000000145. The molecule has 0 atom stereocenters. The number of benzene rings is 14. The van der Waals surface area contributed by atoms with Crippen LogP contribution in [0.5, 0.6) is 0 Å². The first kappa shape index (κ1) is 74.0. The number of rotatable bonds is 14. The monoisotopic (exact) mass is 1610 g/mol. The van der Waals surface area contributed by atoms with E-state index in [1.165, 1.54) is 43.4 Å². The van der Waals surface area contributed by atoms with Crippen molar-refractivity contribution in [3.05, 3.63) is 450 Å². The summed E-state index contributed by atoms with van der Waals surface area (Å²) >= 11 is 0. The summed E-state index contributed by atoms with van der Waals surface area (Å²) in [5.41, 5.74) is 33.1. The molecule has 14 aromatic carbocycles. The van der Waals surface area contributed by atoms with Gasteiger partial charge in [-0.3, -0.25) is 19.9 Å². The molecule has 10 nitrogen and oxygen atoms in total. The Morgan fingerprint density at radius 3 is 0.976 bits per heavy atom. The van der Waals surface area contributed by atoms with Gasteiger partial charge in [-0.25, -0.2) is 19.9 Å². The summed E-state index contributed by atoms with van der Waals surface area (Å²) < 4.78 is 4.76. The number of para-hydroxylation sites is 6. The van der Waals surface area contributed by atoms with E-state index in [0.717, 1.165) is 190 Å². The van der Waals surface area contributed by atoms with Gasteiger partial charge in [-0.2, -0.15) is 0 Å². The summed E-state index contributed by atoms with van der Waals surface area (Å²) in [7, 11) is 0. The van der Waals surface area contributed by atoms with E-state index in [0.29, 0.717) is 0 Å². The van der Waals surface area contributed by atoms with Crippen LogP contribution in [0.1, 0.15) is 0 Å². The normalized spacial score (nSPS) is 11.5. The van der Waals surface area contributed by atoms with Gasteiger partial charge in [0.15, 0.2) is 0 Å². The van der Waals surface area contributed by atoms with Crippen LogP contribution >= 0.6 is 0 Å². The second-order valence-electron chi connectivity index (χ2n) is 31.8. The Hall–Kier alpha value is -17.1. The summed E-state index contributed by atoms with van der Waals surface area (Å²) in [4.78, 5) is 39.4. The largest absolute Gasteiger partial charge is 0.309 e. The maximum absolute atomic E-state index is 5.44. The zero-order valence-electron chi connectivity index (χ0n) is 68.2. The molecule has 0 saturated carbocycles. The Bertz CT molecular complexity index is 7560. The molecule has 0 saturated heterocycles. The van der Waals surface area contributed by atoms with E-state index in [9.17, 15) is 0 Å².